The number of benzene rings is 1. The van der Waals surface area contributed by atoms with Gasteiger partial charge in [-0.2, -0.15) is 5.26 Å². The molecule has 0 unspecified atom stereocenters. The first-order valence-corrected chi connectivity index (χ1v) is 9.11. The summed E-state index contributed by atoms with van der Waals surface area (Å²) in [6.45, 7) is 2.34. The van der Waals surface area contributed by atoms with Crippen LogP contribution in [0.25, 0.3) is 0 Å². The van der Waals surface area contributed by atoms with Crippen LogP contribution in [0.3, 0.4) is 0 Å². The molecule has 1 aromatic heterocycles. The third-order valence-corrected chi connectivity index (χ3v) is 5.17. The van der Waals surface area contributed by atoms with E-state index in [0.717, 1.165) is 18.4 Å². The highest BCUT2D eigenvalue weighted by Crippen LogP contribution is 2.36. The largest absolute Gasteiger partial charge is 0.373 e. The SMILES string of the molecule is N#Cc1cccc(C(=O)N2CC3(C[C@@H](OCc4ccncc4)CCO3)C2)c1. The molecular formula is C21H21N3O3. The van der Waals surface area contributed by atoms with Gasteiger partial charge in [0.2, 0.25) is 0 Å². The fraction of sp³-hybridized carbons (Fsp3) is 0.381. The van der Waals surface area contributed by atoms with E-state index in [9.17, 15) is 4.79 Å². The summed E-state index contributed by atoms with van der Waals surface area (Å²) in [4.78, 5) is 18.4. The Morgan fingerprint density at radius 3 is 2.93 bits per heavy atom. The lowest BCUT2D eigenvalue weighted by molar-refractivity contribution is -0.188. The molecule has 138 valence electrons. The summed E-state index contributed by atoms with van der Waals surface area (Å²) in [7, 11) is 0. The van der Waals surface area contributed by atoms with Gasteiger partial charge < -0.3 is 14.4 Å². The van der Waals surface area contributed by atoms with Crippen molar-refractivity contribution in [2.75, 3.05) is 19.7 Å². The van der Waals surface area contributed by atoms with Crippen LogP contribution in [0.1, 0.15) is 34.3 Å². The van der Waals surface area contributed by atoms with Crippen molar-refractivity contribution in [2.24, 2.45) is 0 Å². The van der Waals surface area contributed by atoms with Gasteiger partial charge in [0.25, 0.3) is 5.91 Å². The lowest BCUT2D eigenvalue weighted by Gasteiger charge is -2.53. The maximum absolute atomic E-state index is 12.6. The highest BCUT2D eigenvalue weighted by atomic mass is 16.5. The zero-order valence-corrected chi connectivity index (χ0v) is 15.0. The molecule has 1 aromatic carbocycles. The molecule has 2 saturated heterocycles. The van der Waals surface area contributed by atoms with Gasteiger partial charge in [0.1, 0.15) is 5.60 Å². The number of aromatic nitrogens is 1. The summed E-state index contributed by atoms with van der Waals surface area (Å²) in [5.41, 5.74) is 1.84. The molecule has 0 aliphatic carbocycles. The number of likely N-dealkylation sites (tertiary alicyclic amines) is 1. The Labute approximate surface area is 158 Å². The zero-order valence-electron chi connectivity index (χ0n) is 15.0. The van der Waals surface area contributed by atoms with Gasteiger partial charge in [-0.05, 0) is 42.3 Å². The number of carbonyl (C=O) groups is 1. The first kappa shape index (κ1) is 17.7. The first-order valence-electron chi connectivity index (χ1n) is 9.11. The zero-order chi connectivity index (χ0) is 18.7. The van der Waals surface area contributed by atoms with Crippen molar-refractivity contribution in [3.8, 4) is 6.07 Å². The van der Waals surface area contributed by atoms with Crippen LogP contribution >= 0.6 is 0 Å². The molecule has 2 aliphatic heterocycles. The summed E-state index contributed by atoms with van der Waals surface area (Å²) in [6, 6.07) is 12.8. The molecule has 2 fully saturated rings. The molecule has 6 heteroatoms. The molecule has 1 amide bonds. The van der Waals surface area contributed by atoms with E-state index in [1.165, 1.54) is 0 Å². The molecule has 0 radical (unpaired) electrons. The topological polar surface area (TPSA) is 75.5 Å². The second-order valence-corrected chi connectivity index (χ2v) is 7.17. The lowest BCUT2D eigenvalue weighted by atomic mass is 9.84. The Hall–Kier alpha value is -2.75. The monoisotopic (exact) mass is 363 g/mol. The van der Waals surface area contributed by atoms with Crippen LogP contribution in [0.15, 0.2) is 48.8 Å². The number of amides is 1. The van der Waals surface area contributed by atoms with E-state index >= 15 is 0 Å². The minimum Gasteiger partial charge on any atom is -0.373 e. The third kappa shape index (κ3) is 3.85. The van der Waals surface area contributed by atoms with Crippen LogP contribution < -0.4 is 0 Å². The van der Waals surface area contributed by atoms with Crippen molar-refractivity contribution in [2.45, 2.75) is 31.2 Å². The number of rotatable bonds is 4. The van der Waals surface area contributed by atoms with E-state index in [1.54, 1.807) is 41.6 Å². The van der Waals surface area contributed by atoms with Crippen molar-refractivity contribution in [1.82, 2.24) is 9.88 Å². The van der Waals surface area contributed by atoms with Crippen molar-refractivity contribution < 1.29 is 14.3 Å². The van der Waals surface area contributed by atoms with Gasteiger partial charge in [-0.25, -0.2) is 0 Å². The normalized spacial score (nSPS) is 20.7. The van der Waals surface area contributed by atoms with Crippen LogP contribution in [-0.4, -0.2) is 47.2 Å². The number of ether oxygens (including phenoxy) is 2. The van der Waals surface area contributed by atoms with E-state index in [-0.39, 0.29) is 17.6 Å². The Morgan fingerprint density at radius 2 is 2.15 bits per heavy atom. The fourth-order valence-corrected chi connectivity index (χ4v) is 3.74. The minimum atomic E-state index is -0.302. The van der Waals surface area contributed by atoms with Crippen LogP contribution in [0.5, 0.6) is 0 Å². The number of nitrogens with zero attached hydrogens (tertiary/aromatic N) is 3. The Balaban J connectivity index is 1.33. The maximum Gasteiger partial charge on any atom is 0.254 e. The molecule has 2 aliphatic rings. The molecular weight excluding hydrogens is 342 g/mol. The van der Waals surface area contributed by atoms with Crippen LogP contribution in [0, 0.1) is 11.3 Å². The smallest absolute Gasteiger partial charge is 0.254 e. The molecule has 0 saturated carbocycles. The molecule has 27 heavy (non-hydrogen) atoms. The minimum absolute atomic E-state index is 0.0545. The number of carbonyl (C=O) groups excluding carboxylic acids is 1. The van der Waals surface area contributed by atoms with Crippen molar-refractivity contribution >= 4 is 5.91 Å². The van der Waals surface area contributed by atoms with Gasteiger partial charge in [-0.15, -0.1) is 0 Å². The summed E-state index contributed by atoms with van der Waals surface area (Å²) >= 11 is 0. The number of nitriles is 1. The average molecular weight is 363 g/mol. The van der Waals surface area contributed by atoms with Gasteiger partial charge in [-0.1, -0.05) is 6.07 Å². The predicted molar refractivity (Wildman–Crippen MR) is 97.8 cm³/mol. The maximum atomic E-state index is 12.6. The first-order chi connectivity index (χ1) is 13.2. The third-order valence-electron chi connectivity index (χ3n) is 5.17. The summed E-state index contributed by atoms with van der Waals surface area (Å²) in [6.07, 6.45) is 5.32. The number of pyridine rings is 1. The van der Waals surface area contributed by atoms with Gasteiger partial charge in [-0.3, -0.25) is 9.78 Å². The Morgan fingerprint density at radius 1 is 1.33 bits per heavy atom. The molecule has 4 rings (SSSR count). The molecule has 2 aromatic rings. The predicted octanol–water partition coefficient (Wildman–Crippen LogP) is 2.54. The van der Waals surface area contributed by atoms with Crippen LogP contribution in [0.2, 0.25) is 0 Å². The second-order valence-electron chi connectivity index (χ2n) is 7.17. The molecule has 0 N–H and O–H groups in total. The fourth-order valence-electron chi connectivity index (χ4n) is 3.74. The second kappa shape index (κ2) is 7.47. The molecule has 1 spiro atoms. The van der Waals surface area contributed by atoms with E-state index in [4.69, 9.17) is 14.7 Å². The Kier molecular flexibility index (Phi) is 4.88. The van der Waals surface area contributed by atoms with Crippen molar-refractivity contribution in [3.63, 3.8) is 0 Å². The molecule has 1 atom stereocenters. The van der Waals surface area contributed by atoms with E-state index in [2.05, 4.69) is 11.1 Å². The summed E-state index contributed by atoms with van der Waals surface area (Å²) in [5, 5.41) is 9.00. The van der Waals surface area contributed by atoms with Crippen LogP contribution in [-0.2, 0) is 16.1 Å². The van der Waals surface area contributed by atoms with E-state index in [1.807, 2.05) is 12.1 Å². The van der Waals surface area contributed by atoms with Gasteiger partial charge in [0.05, 0.1) is 37.4 Å². The van der Waals surface area contributed by atoms with Crippen molar-refractivity contribution in [1.29, 1.82) is 5.26 Å². The quantitative estimate of drug-likeness (QED) is 0.834. The van der Waals surface area contributed by atoms with Gasteiger partial charge in [0.15, 0.2) is 0 Å². The Bertz CT molecular complexity index is 856. The average Bonchev–Trinajstić information content (AvgIpc) is 2.71. The molecule has 6 nitrogen and oxygen atoms in total. The highest BCUT2D eigenvalue weighted by molar-refractivity contribution is 5.95. The van der Waals surface area contributed by atoms with Gasteiger partial charge >= 0.3 is 0 Å². The highest BCUT2D eigenvalue weighted by Gasteiger charge is 2.49. The van der Waals surface area contributed by atoms with E-state index in [0.29, 0.717) is 37.4 Å². The molecule has 0 bridgehead atoms. The summed E-state index contributed by atoms with van der Waals surface area (Å²) in [5.74, 6) is -0.0545. The summed E-state index contributed by atoms with van der Waals surface area (Å²) < 4.78 is 12.1. The molecule has 3 heterocycles. The van der Waals surface area contributed by atoms with E-state index < -0.39 is 0 Å². The van der Waals surface area contributed by atoms with Crippen molar-refractivity contribution in [3.05, 3.63) is 65.5 Å². The standard InChI is InChI=1S/C21H21N3O3/c22-12-17-2-1-3-18(10-17)20(25)24-14-21(15-24)11-19(6-9-27-21)26-13-16-4-7-23-8-5-16/h1-5,7-8,10,19H,6,9,11,13-15H2/t19-/m0/s1. The number of hydrogen-bond acceptors (Lipinski definition) is 5. The number of hydrogen-bond donors (Lipinski definition) is 0. The van der Waals surface area contributed by atoms with Gasteiger partial charge in [0, 0.05) is 31.0 Å². The lowest BCUT2D eigenvalue weighted by Crippen LogP contribution is -2.67. The van der Waals surface area contributed by atoms with Crippen LogP contribution in [0.4, 0.5) is 0 Å².